The van der Waals surface area contributed by atoms with E-state index in [0.29, 0.717) is 43.1 Å². The van der Waals surface area contributed by atoms with Crippen molar-refractivity contribution in [2.24, 2.45) is 5.92 Å². The van der Waals surface area contributed by atoms with E-state index in [0.717, 1.165) is 32.1 Å². The number of hydrogen-bond donors (Lipinski definition) is 1. The van der Waals surface area contributed by atoms with Gasteiger partial charge in [-0.05, 0) is 42.5 Å². The lowest BCUT2D eigenvalue weighted by Gasteiger charge is -2.37. The van der Waals surface area contributed by atoms with Gasteiger partial charge in [-0.2, -0.15) is 13.2 Å². The minimum absolute atomic E-state index is 0.0327. The predicted molar refractivity (Wildman–Crippen MR) is 141 cm³/mol. The molecule has 1 N–H and O–H groups in total. The third-order valence-electron chi connectivity index (χ3n) is 7.61. The molecule has 11 heteroatoms. The van der Waals surface area contributed by atoms with Gasteiger partial charge >= 0.3 is 6.18 Å². The van der Waals surface area contributed by atoms with Gasteiger partial charge in [0, 0.05) is 44.4 Å². The number of piperazine rings is 1. The zero-order valence-corrected chi connectivity index (χ0v) is 21.9. The molecule has 2 aromatic heterocycles. The van der Waals surface area contributed by atoms with Crippen molar-refractivity contribution in [3.63, 3.8) is 0 Å². The minimum Gasteiger partial charge on any atom is -0.432 e. The van der Waals surface area contributed by atoms with Crippen LogP contribution < -0.4 is 4.90 Å². The largest absolute Gasteiger partial charge is 0.437 e. The lowest BCUT2D eigenvalue weighted by Crippen LogP contribution is -2.53. The molecular formula is C29H31F3N4O4. The van der Waals surface area contributed by atoms with Crippen LogP contribution in [0.15, 0.2) is 53.1 Å². The van der Waals surface area contributed by atoms with Crippen molar-refractivity contribution in [2.75, 3.05) is 31.1 Å². The SMILES string of the molecule is O=C(Cc1ccc(N2CCN(C(=O)[C@@H](O)C3CCCCC3)CC2)nc1)c1oc(-c2ccccc2)nc1C(F)(F)F. The highest BCUT2D eigenvalue weighted by Crippen LogP contribution is 2.35. The number of aliphatic hydroxyl groups excluding tert-OH is 1. The van der Waals surface area contributed by atoms with Gasteiger partial charge in [0.05, 0.1) is 0 Å². The molecule has 3 heterocycles. The number of oxazole rings is 1. The van der Waals surface area contributed by atoms with Crippen molar-refractivity contribution in [3.05, 3.63) is 65.7 Å². The Kier molecular flexibility index (Phi) is 8.20. The van der Waals surface area contributed by atoms with Crippen molar-refractivity contribution in [1.29, 1.82) is 0 Å². The summed E-state index contributed by atoms with van der Waals surface area (Å²) in [6, 6.07) is 11.4. The highest BCUT2D eigenvalue weighted by molar-refractivity contribution is 5.96. The van der Waals surface area contributed by atoms with E-state index in [4.69, 9.17) is 4.42 Å². The minimum atomic E-state index is -4.85. The fraction of sp³-hybridized carbons (Fsp3) is 0.448. The van der Waals surface area contributed by atoms with Crippen LogP contribution in [-0.2, 0) is 17.4 Å². The summed E-state index contributed by atoms with van der Waals surface area (Å²) in [5.74, 6) is -1.49. The molecule has 0 radical (unpaired) electrons. The van der Waals surface area contributed by atoms with Gasteiger partial charge in [-0.25, -0.2) is 9.97 Å². The van der Waals surface area contributed by atoms with Crippen LogP contribution >= 0.6 is 0 Å². The molecule has 3 aromatic rings. The molecule has 0 bridgehead atoms. The van der Waals surface area contributed by atoms with Gasteiger partial charge in [-0.15, -0.1) is 0 Å². The third-order valence-corrected chi connectivity index (χ3v) is 7.61. The molecule has 1 amide bonds. The number of aromatic nitrogens is 2. The maximum Gasteiger partial charge on any atom is 0.437 e. The highest BCUT2D eigenvalue weighted by Gasteiger charge is 2.41. The van der Waals surface area contributed by atoms with Gasteiger partial charge in [-0.1, -0.05) is 43.5 Å². The molecule has 1 aliphatic heterocycles. The quantitative estimate of drug-likeness (QED) is 0.419. The molecule has 1 saturated heterocycles. The number of nitrogens with zero attached hydrogens (tertiary/aromatic N) is 4. The topological polar surface area (TPSA) is 99.8 Å². The summed E-state index contributed by atoms with van der Waals surface area (Å²) in [5.41, 5.74) is -0.575. The van der Waals surface area contributed by atoms with E-state index in [-0.39, 0.29) is 24.1 Å². The first kappa shape index (κ1) is 27.8. The summed E-state index contributed by atoms with van der Waals surface area (Å²) in [6.45, 7) is 1.98. The Balaban J connectivity index is 1.20. The Morgan fingerprint density at radius 1 is 1.00 bits per heavy atom. The molecule has 1 aromatic carbocycles. The Bertz CT molecular complexity index is 1310. The number of carbonyl (C=O) groups is 2. The molecule has 2 fully saturated rings. The van der Waals surface area contributed by atoms with E-state index in [9.17, 15) is 27.9 Å². The number of hydrogen-bond acceptors (Lipinski definition) is 7. The van der Waals surface area contributed by atoms with E-state index < -0.39 is 29.5 Å². The molecular weight excluding hydrogens is 525 g/mol. The van der Waals surface area contributed by atoms with Crippen LogP contribution in [0.2, 0.25) is 0 Å². The van der Waals surface area contributed by atoms with Crippen LogP contribution in [0.3, 0.4) is 0 Å². The van der Waals surface area contributed by atoms with Gasteiger partial charge < -0.3 is 19.3 Å². The van der Waals surface area contributed by atoms with E-state index in [1.165, 1.54) is 6.20 Å². The summed E-state index contributed by atoms with van der Waals surface area (Å²) in [6.07, 6.45) is 0.341. The molecule has 8 nitrogen and oxygen atoms in total. The number of rotatable bonds is 7. The van der Waals surface area contributed by atoms with Gasteiger partial charge in [0.1, 0.15) is 11.9 Å². The normalized spacial score (nSPS) is 17.6. The summed E-state index contributed by atoms with van der Waals surface area (Å²) in [5, 5.41) is 10.6. The first-order chi connectivity index (χ1) is 19.2. The molecule has 2 aliphatic rings. The zero-order valence-electron chi connectivity index (χ0n) is 21.9. The predicted octanol–water partition coefficient (Wildman–Crippen LogP) is 4.77. The Morgan fingerprint density at radius 3 is 2.33 bits per heavy atom. The molecule has 0 unspecified atom stereocenters. The Hall–Kier alpha value is -3.73. The van der Waals surface area contributed by atoms with E-state index in [1.54, 1.807) is 47.4 Å². The molecule has 212 valence electrons. The molecule has 1 aliphatic carbocycles. The Labute approximate surface area is 229 Å². The molecule has 0 spiro atoms. The van der Waals surface area contributed by atoms with Gasteiger partial charge in [0.15, 0.2) is 5.69 Å². The summed E-state index contributed by atoms with van der Waals surface area (Å²) in [4.78, 5) is 37.3. The van der Waals surface area contributed by atoms with Crippen molar-refractivity contribution < 1.29 is 32.3 Å². The zero-order chi connectivity index (χ0) is 28.3. The smallest absolute Gasteiger partial charge is 0.432 e. The van der Waals surface area contributed by atoms with Crippen molar-refractivity contribution in [2.45, 2.75) is 50.8 Å². The summed E-state index contributed by atoms with van der Waals surface area (Å²) >= 11 is 0. The fourth-order valence-corrected chi connectivity index (χ4v) is 5.37. The van der Waals surface area contributed by atoms with Crippen LogP contribution in [0.1, 0.15) is 53.9 Å². The van der Waals surface area contributed by atoms with E-state index in [2.05, 4.69) is 9.97 Å². The van der Waals surface area contributed by atoms with Crippen LogP contribution in [0, 0.1) is 5.92 Å². The van der Waals surface area contributed by atoms with Crippen molar-refractivity contribution in [3.8, 4) is 11.5 Å². The number of ketones is 1. The number of halogens is 3. The second-order valence-electron chi connectivity index (χ2n) is 10.3. The average molecular weight is 557 g/mol. The number of benzene rings is 1. The van der Waals surface area contributed by atoms with E-state index >= 15 is 0 Å². The third kappa shape index (κ3) is 6.19. The summed E-state index contributed by atoms with van der Waals surface area (Å²) < 4.78 is 46.2. The maximum atomic E-state index is 13.6. The van der Waals surface area contributed by atoms with Gasteiger partial charge in [0.2, 0.25) is 17.4 Å². The standard InChI is InChI=1S/C29H31F3N4O4/c30-29(31,32)26-25(40-27(34-26)21-9-5-2-6-10-21)22(37)17-19-11-12-23(33-18-19)35-13-15-36(16-14-35)28(39)24(38)20-7-3-1-4-8-20/h2,5-6,9-12,18,20,24,38H,1,3-4,7-8,13-17H2/t24-/m0/s1. The van der Waals surface area contributed by atoms with Crippen LogP contribution in [0.25, 0.3) is 11.5 Å². The number of amides is 1. The molecule has 1 saturated carbocycles. The lowest BCUT2D eigenvalue weighted by atomic mass is 9.85. The van der Waals surface area contributed by atoms with Gasteiger partial charge in [-0.3, -0.25) is 9.59 Å². The van der Waals surface area contributed by atoms with Crippen LogP contribution in [-0.4, -0.2) is 63.9 Å². The van der Waals surface area contributed by atoms with Crippen LogP contribution in [0.5, 0.6) is 0 Å². The van der Waals surface area contributed by atoms with Gasteiger partial charge in [0.25, 0.3) is 5.91 Å². The number of Topliss-reactive ketones (excluding diaryl/α,β-unsaturated/α-hetero) is 1. The second-order valence-corrected chi connectivity index (χ2v) is 10.3. The summed E-state index contributed by atoms with van der Waals surface area (Å²) in [7, 11) is 0. The van der Waals surface area contributed by atoms with Crippen LogP contribution in [0.4, 0.5) is 19.0 Å². The first-order valence-corrected chi connectivity index (χ1v) is 13.5. The van der Waals surface area contributed by atoms with Crippen molar-refractivity contribution in [1.82, 2.24) is 14.9 Å². The lowest BCUT2D eigenvalue weighted by molar-refractivity contribution is -0.144. The first-order valence-electron chi connectivity index (χ1n) is 13.5. The average Bonchev–Trinajstić information content (AvgIpc) is 3.45. The Morgan fingerprint density at radius 2 is 1.70 bits per heavy atom. The number of anilines is 1. The van der Waals surface area contributed by atoms with E-state index in [1.807, 2.05) is 4.90 Å². The number of pyridine rings is 1. The number of aliphatic hydroxyl groups is 1. The fourth-order valence-electron chi connectivity index (χ4n) is 5.37. The monoisotopic (exact) mass is 556 g/mol. The maximum absolute atomic E-state index is 13.6. The highest BCUT2D eigenvalue weighted by atomic mass is 19.4. The molecule has 40 heavy (non-hydrogen) atoms. The number of carbonyl (C=O) groups excluding carboxylic acids is 2. The molecule has 5 rings (SSSR count). The molecule has 1 atom stereocenters. The second kappa shape index (κ2) is 11.8. The number of alkyl halides is 3. The van der Waals surface area contributed by atoms with Crippen molar-refractivity contribution >= 4 is 17.5 Å².